The molecule has 0 spiro atoms. The van der Waals surface area contributed by atoms with Crippen molar-refractivity contribution in [2.45, 2.75) is 13.5 Å². The lowest BCUT2D eigenvalue weighted by Crippen LogP contribution is -2.30. The van der Waals surface area contributed by atoms with Crippen LogP contribution < -0.4 is 4.74 Å². The molecule has 0 bridgehead atoms. The molecule has 7 heteroatoms. The Hall–Kier alpha value is -3.19. The number of carbonyl (C=O) groups excluding carboxylic acids is 2. The van der Waals surface area contributed by atoms with Gasteiger partial charge >= 0.3 is 0 Å². The maximum absolute atomic E-state index is 13.0. The van der Waals surface area contributed by atoms with Crippen LogP contribution in [0, 0.1) is 0 Å². The third-order valence-electron chi connectivity index (χ3n) is 4.71. The molecular weight excluding hydrogens is 398 g/mol. The van der Waals surface area contributed by atoms with Gasteiger partial charge in [-0.05, 0) is 48.9 Å². The molecule has 3 aromatic rings. The van der Waals surface area contributed by atoms with E-state index in [9.17, 15) is 9.59 Å². The number of rotatable bonds is 7. The lowest BCUT2D eigenvalue weighted by atomic mass is 10.1. The summed E-state index contributed by atoms with van der Waals surface area (Å²) in [6, 6.07) is 15.0. The average molecular weight is 424 g/mol. The summed E-state index contributed by atoms with van der Waals surface area (Å²) < 4.78 is 5.18. The van der Waals surface area contributed by atoms with Crippen molar-refractivity contribution in [3.8, 4) is 16.3 Å². The van der Waals surface area contributed by atoms with Crippen LogP contribution in [-0.2, 0) is 6.54 Å². The molecule has 1 aromatic heterocycles. The number of methoxy groups -OCH3 is 1. The quantitative estimate of drug-likeness (QED) is 0.572. The van der Waals surface area contributed by atoms with Gasteiger partial charge in [0.05, 0.1) is 7.11 Å². The average Bonchev–Trinajstić information content (AvgIpc) is 3.27. The van der Waals surface area contributed by atoms with E-state index in [0.29, 0.717) is 24.3 Å². The van der Waals surface area contributed by atoms with Crippen LogP contribution in [0.3, 0.4) is 0 Å². The number of ether oxygens (including phenoxy) is 1. The molecule has 0 saturated heterocycles. The van der Waals surface area contributed by atoms with Gasteiger partial charge in [-0.15, -0.1) is 11.3 Å². The van der Waals surface area contributed by atoms with Gasteiger partial charge in [0.2, 0.25) is 0 Å². The first kappa shape index (κ1) is 21.5. The fraction of sp³-hybridized carbons (Fsp3) is 0.261. The molecule has 0 saturated carbocycles. The molecular formula is C23H25N3O3S. The second-order valence-electron chi connectivity index (χ2n) is 6.98. The molecule has 0 aliphatic carbocycles. The van der Waals surface area contributed by atoms with E-state index >= 15 is 0 Å². The van der Waals surface area contributed by atoms with Gasteiger partial charge in [-0.25, -0.2) is 4.98 Å². The SMILES string of the molecule is CCN(Cc1ccc(C(=O)N(C)C)cc1)C(=O)c1csc(-c2ccc(OC)cc2)n1. The highest BCUT2D eigenvalue weighted by Gasteiger charge is 2.19. The van der Waals surface area contributed by atoms with E-state index in [2.05, 4.69) is 4.98 Å². The van der Waals surface area contributed by atoms with Crippen LogP contribution in [-0.4, -0.2) is 54.3 Å². The van der Waals surface area contributed by atoms with Gasteiger partial charge in [0.1, 0.15) is 16.5 Å². The predicted molar refractivity (Wildman–Crippen MR) is 119 cm³/mol. The summed E-state index contributed by atoms with van der Waals surface area (Å²) in [6.45, 7) is 2.96. The first-order valence-electron chi connectivity index (χ1n) is 9.62. The van der Waals surface area contributed by atoms with E-state index in [1.165, 1.54) is 11.3 Å². The molecule has 3 rings (SSSR count). The topological polar surface area (TPSA) is 62.7 Å². The van der Waals surface area contributed by atoms with Crippen LogP contribution in [0.4, 0.5) is 0 Å². The number of hydrogen-bond acceptors (Lipinski definition) is 5. The van der Waals surface area contributed by atoms with Crippen molar-refractivity contribution in [1.82, 2.24) is 14.8 Å². The summed E-state index contributed by atoms with van der Waals surface area (Å²) in [6.07, 6.45) is 0. The van der Waals surface area contributed by atoms with E-state index < -0.39 is 0 Å². The summed E-state index contributed by atoms with van der Waals surface area (Å²) >= 11 is 1.44. The minimum atomic E-state index is -0.109. The Morgan fingerprint density at radius 1 is 1.00 bits per heavy atom. The third-order valence-corrected chi connectivity index (χ3v) is 5.60. The highest BCUT2D eigenvalue weighted by Crippen LogP contribution is 2.26. The van der Waals surface area contributed by atoms with Crippen molar-refractivity contribution < 1.29 is 14.3 Å². The Morgan fingerprint density at radius 2 is 1.67 bits per heavy atom. The zero-order valence-electron chi connectivity index (χ0n) is 17.6. The molecule has 0 fully saturated rings. The standard InChI is InChI=1S/C23H25N3O3S/c1-5-26(14-16-6-8-18(9-7-16)22(27)25(2)3)23(28)20-15-30-21(24-20)17-10-12-19(29-4)13-11-17/h6-13,15H,5,14H2,1-4H3. The van der Waals surface area contributed by atoms with Crippen molar-refractivity contribution in [2.24, 2.45) is 0 Å². The van der Waals surface area contributed by atoms with Gasteiger partial charge in [-0.3, -0.25) is 9.59 Å². The van der Waals surface area contributed by atoms with Crippen LogP contribution in [0.15, 0.2) is 53.9 Å². The molecule has 0 N–H and O–H groups in total. The van der Waals surface area contributed by atoms with E-state index in [-0.39, 0.29) is 11.8 Å². The molecule has 0 aliphatic rings. The zero-order valence-corrected chi connectivity index (χ0v) is 18.4. The highest BCUT2D eigenvalue weighted by molar-refractivity contribution is 7.13. The Balaban J connectivity index is 1.71. The Kier molecular flexibility index (Phi) is 6.84. The molecule has 2 amide bonds. The van der Waals surface area contributed by atoms with Crippen LogP contribution in [0.1, 0.15) is 33.3 Å². The van der Waals surface area contributed by atoms with Crippen LogP contribution in [0.25, 0.3) is 10.6 Å². The molecule has 30 heavy (non-hydrogen) atoms. The van der Waals surface area contributed by atoms with Gasteiger partial charge in [0.25, 0.3) is 11.8 Å². The molecule has 156 valence electrons. The number of carbonyl (C=O) groups is 2. The normalized spacial score (nSPS) is 10.5. The molecule has 6 nitrogen and oxygen atoms in total. The largest absolute Gasteiger partial charge is 0.497 e. The fourth-order valence-electron chi connectivity index (χ4n) is 2.96. The van der Waals surface area contributed by atoms with Crippen molar-refractivity contribution >= 4 is 23.2 Å². The van der Waals surface area contributed by atoms with Crippen LogP contribution in [0.5, 0.6) is 5.75 Å². The van der Waals surface area contributed by atoms with E-state index in [0.717, 1.165) is 21.9 Å². The summed E-state index contributed by atoms with van der Waals surface area (Å²) in [4.78, 5) is 32.8. The molecule has 0 radical (unpaired) electrons. The van der Waals surface area contributed by atoms with Crippen LogP contribution >= 0.6 is 11.3 Å². The number of thiazole rings is 1. The Morgan fingerprint density at radius 3 is 2.23 bits per heavy atom. The summed E-state index contributed by atoms with van der Waals surface area (Å²) in [5.74, 6) is 0.627. The minimum absolute atomic E-state index is 0.0430. The van der Waals surface area contributed by atoms with Crippen molar-refractivity contribution in [3.63, 3.8) is 0 Å². The second kappa shape index (κ2) is 9.54. The number of benzene rings is 2. The van der Waals surface area contributed by atoms with Gasteiger partial charge in [0.15, 0.2) is 0 Å². The van der Waals surface area contributed by atoms with E-state index in [1.807, 2.05) is 43.3 Å². The molecule has 0 unspecified atom stereocenters. The van der Waals surface area contributed by atoms with Crippen molar-refractivity contribution in [2.75, 3.05) is 27.7 Å². The van der Waals surface area contributed by atoms with Gasteiger partial charge in [0, 0.05) is 43.7 Å². The van der Waals surface area contributed by atoms with Crippen molar-refractivity contribution in [1.29, 1.82) is 0 Å². The highest BCUT2D eigenvalue weighted by atomic mass is 32.1. The number of amides is 2. The minimum Gasteiger partial charge on any atom is -0.497 e. The first-order valence-corrected chi connectivity index (χ1v) is 10.5. The smallest absolute Gasteiger partial charge is 0.273 e. The van der Waals surface area contributed by atoms with E-state index in [1.54, 1.807) is 48.5 Å². The second-order valence-corrected chi connectivity index (χ2v) is 7.84. The molecule has 0 aliphatic heterocycles. The van der Waals surface area contributed by atoms with Crippen molar-refractivity contribution in [3.05, 3.63) is 70.7 Å². The lowest BCUT2D eigenvalue weighted by Gasteiger charge is -2.20. The molecule has 2 aromatic carbocycles. The zero-order chi connectivity index (χ0) is 21.7. The number of nitrogens with zero attached hydrogens (tertiary/aromatic N) is 3. The Bertz CT molecular complexity index is 1010. The number of hydrogen-bond donors (Lipinski definition) is 0. The lowest BCUT2D eigenvalue weighted by molar-refractivity contribution is 0.0746. The Labute approximate surface area is 180 Å². The molecule has 1 heterocycles. The van der Waals surface area contributed by atoms with Gasteiger partial charge in [-0.1, -0.05) is 12.1 Å². The monoisotopic (exact) mass is 423 g/mol. The maximum atomic E-state index is 13.0. The summed E-state index contributed by atoms with van der Waals surface area (Å²) in [5, 5.41) is 2.59. The van der Waals surface area contributed by atoms with Crippen LogP contribution in [0.2, 0.25) is 0 Å². The maximum Gasteiger partial charge on any atom is 0.273 e. The number of aromatic nitrogens is 1. The first-order chi connectivity index (χ1) is 14.4. The van der Waals surface area contributed by atoms with E-state index in [4.69, 9.17) is 4.74 Å². The summed E-state index contributed by atoms with van der Waals surface area (Å²) in [7, 11) is 5.08. The van der Waals surface area contributed by atoms with Gasteiger partial charge < -0.3 is 14.5 Å². The predicted octanol–water partition coefficient (Wildman–Crippen LogP) is 4.18. The summed E-state index contributed by atoms with van der Waals surface area (Å²) in [5.41, 5.74) is 2.98. The van der Waals surface area contributed by atoms with Gasteiger partial charge in [-0.2, -0.15) is 0 Å². The molecule has 0 atom stereocenters. The fourth-order valence-corrected chi connectivity index (χ4v) is 3.76. The third kappa shape index (κ3) is 4.86.